The summed E-state index contributed by atoms with van der Waals surface area (Å²) in [6.07, 6.45) is 7.50. The molecule has 2 N–H and O–H groups in total. The Morgan fingerprint density at radius 3 is 3.00 bits per heavy atom. The second-order valence-corrected chi connectivity index (χ2v) is 4.43. The van der Waals surface area contributed by atoms with E-state index in [4.69, 9.17) is 0 Å². The van der Waals surface area contributed by atoms with E-state index in [1.807, 2.05) is 13.0 Å². The van der Waals surface area contributed by atoms with Gasteiger partial charge in [0, 0.05) is 29.7 Å². The summed E-state index contributed by atoms with van der Waals surface area (Å²) in [5.41, 5.74) is 1.57. The minimum absolute atomic E-state index is 0.578. The molecule has 1 atom stereocenters. The molecular formula is C14H17N3O2. The van der Waals surface area contributed by atoms with Gasteiger partial charge in [-0.3, -0.25) is 9.97 Å². The lowest BCUT2D eigenvalue weighted by atomic mass is 10.1. The fourth-order valence-electron chi connectivity index (χ4n) is 1.97. The van der Waals surface area contributed by atoms with Crippen LogP contribution in [0.15, 0.2) is 30.7 Å². The van der Waals surface area contributed by atoms with Gasteiger partial charge >= 0.3 is 5.97 Å². The van der Waals surface area contributed by atoms with Crippen molar-refractivity contribution >= 4 is 22.6 Å². The molecule has 0 aliphatic heterocycles. The molecular weight excluding hydrogens is 242 g/mol. The van der Waals surface area contributed by atoms with Crippen LogP contribution in [-0.4, -0.2) is 27.1 Å². The van der Waals surface area contributed by atoms with Gasteiger partial charge in [0.1, 0.15) is 6.04 Å². The highest BCUT2D eigenvalue weighted by atomic mass is 16.4. The highest BCUT2D eigenvalue weighted by molar-refractivity contribution is 5.92. The Labute approximate surface area is 111 Å². The van der Waals surface area contributed by atoms with Crippen LogP contribution in [-0.2, 0) is 4.79 Å². The first kappa shape index (κ1) is 13.3. The minimum atomic E-state index is -0.831. The van der Waals surface area contributed by atoms with Gasteiger partial charge in [0.25, 0.3) is 0 Å². The maximum atomic E-state index is 11.3. The van der Waals surface area contributed by atoms with Crippen molar-refractivity contribution in [3.8, 4) is 0 Å². The Morgan fingerprint density at radius 1 is 1.42 bits per heavy atom. The number of unbranched alkanes of at least 4 members (excludes halogenated alkanes) is 1. The number of carbonyl (C=O) groups is 1. The predicted octanol–water partition coefficient (Wildman–Crippen LogP) is 2.69. The fraction of sp³-hybridized carbons (Fsp3) is 0.357. The molecule has 2 heterocycles. The summed E-state index contributed by atoms with van der Waals surface area (Å²) < 4.78 is 0. The van der Waals surface area contributed by atoms with Crippen LogP contribution >= 0.6 is 0 Å². The van der Waals surface area contributed by atoms with E-state index in [1.165, 1.54) is 0 Å². The number of anilines is 1. The lowest BCUT2D eigenvalue weighted by Crippen LogP contribution is -2.29. The van der Waals surface area contributed by atoms with E-state index in [9.17, 15) is 9.90 Å². The molecule has 19 heavy (non-hydrogen) atoms. The van der Waals surface area contributed by atoms with Crippen LogP contribution in [0.3, 0.4) is 0 Å². The van der Waals surface area contributed by atoms with Gasteiger partial charge in [0.15, 0.2) is 0 Å². The summed E-state index contributed by atoms with van der Waals surface area (Å²) in [5, 5.41) is 13.2. The van der Waals surface area contributed by atoms with Crippen LogP contribution < -0.4 is 5.32 Å². The Bertz CT molecular complexity index is 566. The predicted molar refractivity (Wildman–Crippen MR) is 74.1 cm³/mol. The molecule has 2 rings (SSSR count). The minimum Gasteiger partial charge on any atom is -0.480 e. The van der Waals surface area contributed by atoms with Gasteiger partial charge in [-0.15, -0.1) is 0 Å². The number of nitrogens with zero attached hydrogens (tertiary/aromatic N) is 2. The average Bonchev–Trinajstić information content (AvgIpc) is 2.43. The lowest BCUT2D eigenvalue weighted by Gasteiger charge is -2.16. The van der Waals surface area contributed by atoms with Gasteiger partial charge in [-0.1, -0.05) is 19.8 Å². The van der Waals surface area contributed by atoms with E-state index in [0.717, 1.165) is 29.4 Å². The molecule has 0 radical (unpaired) electrons. The molecule has 0 bridgehead atoms. The second kappa shape index (κ2) is 6.13. The molecule has 1 unspecified atom stereocenters. The third kappa shape index (κ3) is 3.19. The zero-order valence-electron chi connectivity index (χ0n) is 10.8. The van der Waals surface area contributed by atoms with Gasteiger partial charge in [0.05, 0.1) is 5.52 Å². The number of aliphatic carboxylic acids is 1. The summed E-state index contributed by atoms with van der Waals surface area (Å²) in [4.78, 5) is 19.5. The smallest absolute Gasteiger partial charge is 0.326 e. The van der Waals surface area contributed by atoms with Crippen LogP contribution in [0.1, 0.15) is 26.2 Å². The molecule has 100 valence electrons. The highest BCUT2D eigenvalue weighted by Gasteiger charge is 2.17. The third-order valence-corrected chi connectivity index (χ3v) is 3.02. The van der Waals surface area contributed by atoms with E-state index in [1.54, 1.807) is 24.7 Å². The Morgan fingerprint density at radius 2 is 2.26 bits per heavy atom. The number of hydrogen-bond donors (Lipinski definition) is 2. The van der Waals surface area contributed by atoms with E-state index < -0.39 is 12.0 Å². The quantitative estimate of drug-likeness (QED) is 0.834. The summed E-state index contributed by atoms with van der Waals surface area (Å²) in [5.74, 6) is -0.831. The van der Waals surface area contributed by atoms with Crippen molar-refractivity contribution in [2.45, 2.75) is 32.2 Å². The number of rotatable bonds is 6. The Kier molecular flexibility index (Phi) is 4.28. The normalized spacial score (nSPS) is 12.3. The monoisotopic (exact) mass is 259 g/mol. The summed E-state index contributed by atoms with van der Waals surface area (Å²) >= 11 is 0. The van der Waals surface area contributed by atoms with Crippen molar-refractivity contribution in [2.24, 2.45) is 0 Å². The molecule has 0 amide bonds. The number of hydrogen-bond acceptors (Lipinski definition) is 4. The largest absolute Gasteiger partial charge is 0.480 e. The Balaban J connectivity index is 2.26. The molecule has 2 aromatic rings. The first-order chi connectivity index (χ1) is 9.22. The Hall–Kier alpha value is -2.17. The number of fused-ring (bicyclic) bond motifs is 1. The number of pyridine rings is 2. The molecule has 2 aromatic heterocycles. The highest BCUT2D eigenvalue weighted by Crippen LogP contribution is 2.21. The maximum absolute atomic E-state index is 11.3. The first-order valence-electron chi connectivity index (χ1n) is 6.40. The van der Waals surface area contributed by atoms with E-state index in [-0.39, 0.29) is 0 Å². The average molecular weight is 259 g/mol. The molecule has 0 saturated heterocycles. The van der Waals surface area contributed by atoms with Gasteiger partial charge in [-0.2, -0.15) is 0 Å². The van der Waals surface area contributed by atoms with Crippen LogP contribution in [0.2, 0.25) is 0 Å². The van der Waals surface area contributed by atoms with E-state index in [2.05, 4.69) is 15.3 Å². The summed E-state index contributed by atoms with van der Waals surface area (Å²) in [6.45, 7) is 2.05. The van der Waals surface area contributed by atoms with Crippen molar-refractivity contribution in [3.05, 3.63) is 30.7 Å². The summed E-state index contributed by atoms with van der Waals surface area (Å²) in [7, 11) is 0. The van der Waals surface area contributed by atoms with Crippen molar-refractivity contribution < 1.29 is 9.90 Å². The number of aromatic nitrogens is 2. The van der Waals surface area contributed by atoms with Crippen LogP contribution in [0.25, 0.3) is 10.9 Å². The van der Waals surface area contributed by atoms with E-state index in [0.29, 0.717) is 6.42 Å². The van der Waals surface area contributed by atoms with Crippen molar-refractivity contribution in [1.82, 2.24) is 9.97 Å². The fourth-order valence-corrected chi connectivity index (χ4v) is 1.97. The SMILES string of the molecule is CCCCC(Nc1ccnc2ccncc12)C(=O)O. The third-order valence-electron chi connectivity index (χ3n) is 3.02. The molecule has 5 nitrogen and oxygen atoms in total. The number of nitrogens with one attached hydrogen (secondary N) is 1. The maximum Gasteiger partial charge on any atom is 0.326 e. The molecule has 0 fully saturated rings. The molecule has 0 saturated carbocycles. The van der Waals surface area contributed by atoms with Gasteiger partial charge in [-0.25, -0.2) is 4.79 Å². The van der Waals surface area contributed by atoms with Crippen molar-refractivity contribution in [3.63, 3.8) is 0 Å². The standard InChI is InChI=1S/C14H17N3O2/c1-2-3-4-13(14(18)19)17-12-6-8-16-11-5-7-15-9-10(11)12/h5-9,13H,2-4H2,1H3,(H,16,17)(H,18,19). The number of carboxylic acids is 1. The van der Waals surface area contributed by atoms with E-state index >= 15 is 0 Å². The topological polar surface area (TPSA) is 75.1 Å². The lowest BCUT2D eigenvalue weighted by molar-refractivity contribution is -0.138. The number of carboxylic acid groups (broad SMARTS) is 1. The second-order valence-electron chi connectivity index (χ2n) is 4.43. The molecule has 0 aromatic carbocycles. The molecule has 0 aliphatic carbocycles. The van der Waals surface area contributed by atoms with Crippen molar-refractivity contribution in [1.29, 1.82) is 0 Å². The molecule has 0 aliphatic rings. The van der Waals surface area contributed by atoms with Crippen LogP contribution in [0, 0.1) is 0 Å². The van der Waals surface area contributed by atoms with Gasteiger partial charge in [0.2, 0.25) is 0 Å². The van der Waals surface area contributed by atoms with Gasteiger partial charge in [-0.05, 0) is 18.6 Å². The first-order valence-corrected chi connectivity index (χ1v) is 6.40. The zero-order valence-corrected chi connectivity index (χ0v) is 10.8. The van der Waals surface area contributed by atoms with Crippen LogP contribution in [0.4, 0.5) is 5.69 Å². The van der Waals surface area contributed by atoms with Crippen LogP contribution in [0.5, 0.6) is 0 Å². The van der Waals surface area contributed by atoms with Crippen molar-refractivity contribution in [2.75, 3.05) is 5.32 Å². The molecule has 5 heteroatoms. The van der Waals surface area contributed by atoms with Gasteiger partial charge < -0.3 is 10.4 Å². The zero-order chi connectivity index (χ0) is 13.7. The summed E-state index contributed by atoms with van der Waals surface area (Å²) in [6, 6.07) is 3.01. The molecule has 0 spiro atoms.